The van der Waals surface area contributed by atoms with Gasteiger partial charge in [-0.3, -0.25) is 19.9 Å². The molecule has 2 atom stereocenters. The van der Waals surface area contributed by atoms with Gasteiger partial charge in [-0.25, -0.2) is 9.59 Å². The third-order valence-electron chi connectivity index (χ3n) is 7.07. The van der Waals surface area contributed by atoms with Gasteiger partial charge in [-0.2, -0.15) is 9.36 Å². The predicted octanol–water partition coefficient (Wildman–Crippen LogP) is -2.60. The van der Waals surface area contributed by atoms with Gasteiger partial charge in [0.05, 0.1) is 7.05 Å². The number of oxime groups is 1. The van der Waals surface area contributed by atoms with E-state index in [4.69, 9.17) is 33.2 Å². The summed E-state index contributed by atoms with van der Waals surface area (Å²) >= 11 is 1.98. The Bertz CT molecular complexity index is 1650. The smallest absolute Gasteiger partial charge is 0.352 e. The van der Waals surface area contributed by atoms with Gasteiger partial charge in [0.15, 0.2) is 29.1 Å². The molecule has 248 valence electrons. The van der Waals surface area contributed by atoms with Crippen molar-refractivity contribution < 1.29 is 38.9 Å². The summed E-state index contributed by atoms with van der Waals surface area (Å²) in [5.41, 5.74) is 21.6. The molecule has 0 spiro atoms. The number of carbonyl (C=O) groups is 4. The highest BCUT2D eigenvalue weighted by Crippen LogP contribution is 2.40. The Balaban J connectivity index is 1.57. The number of nitrogens with one attached hydrogen (secondary N) is 2. The molecule has 46 heavy (non-hydrogen) atoms. The van der Waals surface area contributed by atoms with E-state index in [0.29, 0.717) is 30.8 Å². The molecule has 0 radical (unpaired) electrons. The number of hydrogen-bond donors (Lipinski definition) is 8. The van der Waals surface area contributed by atoms with Crippen molar-refractivity contribution in [3.05, 3.63) is 23.3 Å². The van der Waals surface area contributed by atoms with Crippen LogP contribution in [0.1, 0.15) is 26.1 Å². The first-order chi connectivity index (χ1) is 21.6. The van der Waals surface area contributed by atoms with E-state index in [1.807, 2.05) is 0 Å². The molecule has 1 fully saturated rings. The van der Waals surface area contributed by atoms with Gasteiger partial charge in [0.25, 0.3) is 11.8 Å². The minimum atomic E-state index is -1.82. The molecule has 0 aromatic carbocycles. The summed E-state index contributed by atoms with van der Waals surface area (Å²) in [4.78, 5) is 62.1. The second-order valence-corrected chi connectivity index (χ2v) is 12.5. The third-order valence-corrected chi connectivity index (χ3v) is 8.96. The first-order valence-electron chi connectivity index (χ1n) is 13.6. The van der Waals surface area contributed by atoms with Crippen molar-refractivity contribution in [1.82, 2.24) is 24.3 Å². The number of nitrogen functional groups attached to an aromatic ring is 2. The Kier molecular flexibility index (Phi) is 9.72. The number of anilines is 3. The number of aromatic nitrogens is 4. The van der Waals surface area contributed by atoms with E-state index in [0.717, 1.165) is 16.4 Å². The Hall–Kier alpha value is -4.96. The summed E-state index contributed by atoms with van der Waals surface area (Å²) in [6.45, 7) is 3.18. The van der Waals surface area contributed by atoms with E-state index in [1.165, 1.54) is 30.5 Å². The van der Waals surface area contributed by atoms with Crippen LogP contribution in [0.2, 0.25) is 0 Å². The number of rotatable bonds is 13. The van der Waals surface area contributed by atoms with Crippen LogP contribution in [-0.4, -0.2) is 100 Å². The molecule has 1 saturated heterocycles. The number of guanidine groups is 1. The lowest BCUT2D eigenvalue weighted by Crippen LogP contribution is -2.71. The Labute approximate surface area is 269 Å². The monoisotopic (exact) mass is 680 g/mol. The molecule has 0 unspecified atom stereocenters. The molecular weight excluding hydrogens is 646 g/mol. The van der Waals surface area contributed by atoms with E-state index in [2.05, 4.69) is 19.8 Å². The zero-order chi connectivity index (χ0) is 34.1. The van der Waals surface area contributed by atoms with Gasteiger partial charge < -0.3 is 48.2 Å². The lowest BCUT2D eigenvalue weighted by Gasteiger charge is -2.49. The first kappa shape index (κ1) is 33.9. The summed E-state index contributed by atoms with van der Waals surface area (Å²) in [5, 5.41) is 32.8. The molecule has 22 heteroatoms. The highest BCUT2D eigenvalue weighted by atomic mass is 32.2. The minimum Gasteiger partial charge on any atom is -0.478 e. The highest BCUT2D eigenvalue weighted by molar-refractivity contribution is 8.00. The van der Waals surface area contributed by atoms with Crippen LogP contribution in [0, 0.1) is 5.41 Å². The fraction of sp³-hybridized carbons (Fsp3) is 0.458. The molecule has 20 nitrogen and oxygen atoms in total. The number of amides is 2. The number of carbonyl (C=O) groups excluding carboxylic acids is 2. The molecule has 0 aliphatic carbocycles. The molecule has 2 amide bonds. The van der Waals surface area contributed by atoms with Gasteiger partial charge in [0.1, 0.15) is 17.1 Å². The van der Waals surface area contributed by atoms with Crippen LogP contribution >= 0.6 is 23.3 Å². The summed E-state index contributed by atoms with van der Waals surface area (Å²) < 4.78 is 7.14. The predicted molar refractivity (Wildman–Crippen MR) is 166 cm³/mol. The van der Waals surface area contributed by atoms with Crippen molar-refractivity contribution in [2.24, 2.45) is 23.7 Å². The van der Waals surface area contributed by atoms with Gasteiger partial charge in [-0.05, 0) is 26.8 Å². The van der Waals surface area contributed by atoms with Gasteiger partial charge >= 0.3 is 11.9 Å². The summed E-state index contributed by atoms with van der Waals surface area (Å²) in [7, 11) is 1.66. The molecule has 12 N–H and O–H groups in total. The molecule has 4 heterocycles. The SMILES string of the molecule is Cn1c(N)c(N(CCCN)C(=N)N)c[n+]1CC1=C(C(=O)O)N2C(=O)[C@@H](NC(=O)C(=NOC(C)(C)C(=O)O)c3nsc(N)n3)[C@H]2SC1. The molecule has 2 aromatic rings. The summed E-state index contributed by atoms with van der Waals surface area (Å²) in [6, 6.07) is -1.15. The van der Waals surface area contributed by atoms with Crippen LogP contribution in [0.25, 0.3) is 0 Å². The maximum atomic E-state index is 13.3. The van der Waals surface area contributed by atoms with Crippen molar-refractivity contribution in [2.75, 3.05) is 35.2 Å². The Morgan fingerprint density at radius 1 is 1.33 bits per heavy atom. The average molecular weight is 681 g/mol. The molecule has 2 aliphatic heterocycles. The molecule has 2 aliphatic rings. The number of carboxylic acid groups (broad SMARTS) is 2. The fourth-order valence-corrected chi connectivity index (χ4v) is 6.27. The number of aliphatic carboxylic acids is 2. The lowest BCUT2D eigenvalue weighted by atomic mass is 10.0. The molecule has 4 rings (SSSR count). The van der Waals surface area contributed by atoms with E-state index in [9.17, 15) is 29.4 Å². The largest absolute Gasteiger partial charge is 0.478 e. The normalized spacial score (nSPS) is 18.1. The second-order valence-electron chi connectivity index (χ2n) is 10.6. The van der Waals surface area contributed by atoms with Crippen LogP contribution in [0.3, 0.4) is 0 Å². The van der Waals surface area contributed by atoms with Crippen molar-refractivity contribution in [3.8, 4) is 0 Å². The molecule has 0 bridgehead atoms. The minimum absolute atomic E-state index is 0.0000217. The van der Waals surface area contributed by atoms with Gasteiger partial charge in [-0.1, -0.05) is 5.16 Å². The fourth-order valence-electron chi connectivity index (χ4n) is 4.50. The maximum absolute atomic E-state index is 13.3. The quantitative estimate of drug-likeness (QED) is 0.0353. The van der Waals surface area contributed by atoms with E-state index >= 15 is 0 Å². The number of carboxylic acids is 2. The van der Waals surface area contributed by atoms with Crippen LogP contribution in [0.5, 0.6) is 0 Å². The van der Waals surface area contributed by atoms with Crippen LogP contribution in [0.15, 0.2) is 22.6 Å². The zero-order valence-corrected chi connectivity index (χ0v) is 26.6. The van der Waals surface area contributed by atoms with Gasteiger partial charge in [0.2, 0.25) is 23.3 Å². The van der Waals surface area contributed by atoms with E-state index < -0.39 is 46.5 Å². The number of hydrogen-bond acceptors (Lipinski definition) is 14. The number of thioether (sulfide) groups is 1. The van der Waals surface area contributed by atoms with E-state index in [1.54, 1.807) is 22.6 Å². The standard InChI is InChI=1S/C24H33N13O7S2/c1-24(2,21(42)43)44-32-12(16-31-23(29)46-33-16)17(38)30-13-18(39)37-14(20(40)41)10(9-45-19(13)37)7-35-8-11(15(26)34(35)3)36(22(27)28)6-4-5-25/h8,13,19,26H,4-7,9,25H2,1-3H3,(H8,27,28,29,30,31,33,38,40,41,42,43)/p+1/t13-,19-/m1/s1. The van der Waals surface area contributed by atoms with Crippen molar-refractivity contribution in [1.29, 1.82) is 5.41 Å². The van der Waals surface area contributed by atoms with E-state index in [-0.39, 0.29) is 40.7 Å². The Morgan fingerprint density at radius 3 is 2.59 bits per heavy atom. The number of nitrogens with two attached hydrogens (primary N) is 4. The summed E-state index contributed by atoms with van der Waals surface area (Å²) in [6.07, 6.45) is 2.18. The topological polar surface area (TPSA) is 311 Å². The van der Waals surface area contributed by atoms with Crippen LogP contribution in [-0.2, 0) is 37.6 Å². The number of nitrogens with zero attached hydrogens (tertiary/aromatic N) is 7. The first-order valence-corrected chi connectivity index (χ1v) is 15.4. The maximum Gasteiger partial charge on any atom is 0.352 e. The van der Waals surface area contributed by atoms with Crippen molar-refractivity contribution >= 4 is 75.4 Å². The highest BCUT2D eigenvalue weighted by Gasteiger charge is 2.55. The van der Waals surface area contributed by atoms with Gasteiger partial charge in [-0.15, -0.1) is 21.1 Å². The van der Waals surface area contributed by atoms with Gasteiger partial charge in [0, 0.05) is 29.4 Å². The molecular formula is C24H34N13O7S2+. The molecule has 0 saturated carbocycles. The zero-order valence-electron chi connectivity index (χ0n) is 25.0. The third kappa shape index (κ3) is 6.53. The Morgan fingerprint density at radius 2 is 2.02 bits per heavy atom. The van der Waals surface area contributed by atoms with Crippen molar-refractivity contribution in [3.63, 3.8) is 0 Å². The van der Waals surface area contributed by atoms with Crippen molar-refractivity contribution in [2.45, 2.75) is 43.8 Å². The lowest BCUT2D eigenvalue weighted by molar-refractivity contribution is -0.765. The van der Waals surface area contributed by atoms with Crippen LogP contribution in [0.4, 0.5) is 16.6 Å². The molecule has 2 aromatic heterocycles. The second kappa shape index (κ2) is 13.2. The number of β-lactam (4-membered cyclic amide) rings is 1. The number of fused-ring (bicyclic) bond motifs is 1. The van der Waals surface area contributed by atoms with Crippen LogP contribution < -0.4 is 37.8 Å². The average Bonchev–Trinajstić information content (AvgIpc) is 3.53. The summed E-state index contributed by atoms with van der Waals surface area (Å²) in [5.74, 6) is -4.39.